The van der Waals surface area contributed by atoms with E-state index in [1.165, 1.54) is 5.56 Å². The third-order valence-corrected chi connectivity index (χ3v) is 8.79. The van der Waals surface area contributed by atoms with Crippen molar-refractivity contribution in [1.29, 1.82) is 0 Å². The van der Waals surface area contributed by atoms with Gasteiger partial charge in [-0.2, -0.15) is 0 Å². The minimum absolute atomic E-state index is 0.919. The van der Waals surface area contributed by atoms with Gasteiger partial charge in [0.15, 0.2) is 0 Å². The Morgan fingerprint density at radius 3 is 1.50 bits per heavy atom. The Bertz CT molecular complexity index is 2190. The van der Waals surface area contributed by atoms with E-state index < -0.39 is 0 Å². The summed E-state index contributed by atoms with van der Waals surface area (Å²) in [4.78, 5) is 18.9. The fourth-order valence-electron chi connectivity index (χ4n) is 5.70. The maximum atomic E-state index is 4.93. The molecule has 0 amide bonds. The summed E-state index contributed by atoms with van der Waals surface area (Å²) in [5.41, 5.74) is 14.2. The fourth-order valence-corrected chi connectivity index (χ4v) is 6.83. The van der Waals surface area contributed by atoms with Gasteiger partial charge in [0.25, 0.3) is 0 Å². The molecule has 8 aromatic rings. The minimum Gasteiger partial charge on any atom is -0.256 e. The minimum atomic E-state index is 0.919. The molecular weight excluding hydrogens is 553 g/mol. The van der Waals surface area contributed by atoms with Crippen LogP contribution in [-0.4, -0.2) is 19.9 Å². The second-order valence-corrected chi connectivity index (χ2v) is 11.5. The highest BCUT2D eigenvalue weighted by Crippen LogP contribution is 2.44. The number of rotatable bonds is 5. The van der Waals surface area contributed by atoms with Crippen molar-refractivity contribution < 1.29 is 0 Å². The lowest BCUT2D eigenvalue weighted by atomic mass is 9.86. The summed E-state index contributed by atoms with van der Waals surface area (Å²) in [5, 5.41) is 8.68. The highest BCUT2D eigenvalue weighted by molar-refractivity contribution is 7.08. The molecular formula is C36H22N4S2. The Morgan fingerprint density at radius 2 is 0.929 bits per heavy atom. The number of benzene rings is 4. The van der Waals surface area contributed by atoms with E-state index in [1.54, 1.807) is 22.7 Å². The number of thiazole rings is 2. The molecule has 0 N–H and O–H groups in total. The van der Waals surface area contributed by atoms with Gasteiger partial charge in [0.05, 0.1) is 33.8 Å². The topological polar surface area (TPSA) is 51.6 Å². The SMILES string of the molecule is c1ccc(-c2ccc3c(-c4cc(-c5cscn5)ccn4)c4ccccc4c(-c4cc(-c5cscn5)ccn4)c3c2)cc1. The lowest BCUT2D eigenvalue weighted by molar-refractivity contribution is 1.31. The molecule has 6 heteroatoms. The first-order valence-corrected chi connectivity index (χ1v) is 15.5. The first kappa shape index (κ1) is 24.7. The van der Waals surface area contributed by atoms with E-state index in [-0.39, 0.29) is 0 Å². The molecule has 42 heavy (non-hydrogen) atoms. The van der Waals surface area contributed by atoms with Crippen molar-refractivity contribution in [3.63, 3.8) is 0 Å². The molecule has 8 rings (SSSR count). The number of aromatic nitrogens is 4. The molecule has 0 aliphatic rings. The second-order valence-electron chi connectivity index (χ2n) is 10.0. The Kier molecular flexibility index (Phi) is 6.13. The zero-order valence-corrected chi connectivity index (χ0v) is 23.9. The van der Waals surface area contributed by atoms with Crippen LogP contribution in [0.15, 0.2) is 131 Å². The lowest BCUT2D eigenvalue weighted by Crippen LogP contribution is -1.95. The highest BCUT2D eigenvalue weighted by Gasteiger charge is 2.20. The molecule has 0 saturated heterocycles. The molecule has 4 aromatic carbocycles. The molecule has 0 aliphatic carbocycles. The molecule has 0 bridgehead atoms. The molecule has 0 saturated carbocycles. The van der Waals surface area contributed by atoms with Gasteiger partial charge in [-0.3, -0.25) is 9.97 Å². The van der Waals surface area contributed by atoms with Crippen LogP contribution < -0.4 is 0 Å². The summed E-state index contributed by atoms with van der Waals surface area (Å²) in [5.74, 6) is 0. The monoisotopic (exact) mass is 574 g/mol. The van der Waals surface area contributed by atoms with Gasteiger partial charge in [-0.15, -0.1) is 22.7 Å². The van der Waals surface area contributed by atoms with Crippen LogP contribution >= 0.6 is 22.7 Å². The number of hydrogen-bond acceptors (Lipinski definition) is 6. The summed E-state index contributed by atoms with van der Waals surface area (Å²) in [6.45, 7) is 0. The Hall–Kier alpha value is -5.04. The van der Waals surface area contributed by atoms with Gasteiger partial charge in [0.2, 0.25) is 0 Å². The first-order valence-electron chi connectivity index (χ1n) is 13.6. The van der Waals surface area contributed by atoms with E-state index >= 15 is 0 Å². The summed E-state index contributed by atoms with van der Waals surface area (Å²) in [6, 6.07) is 34.2. The number of hydrogen-bond donors (Lipinski definition) is 0. The maximum Gasteiger partial charge on any atom is 0.0812 e. The van der Waals surface area contributed by atoms with Crippen molar-refractivity contribution in [2.45, 2.75) is 0 Å². The van der Waals surface area contributed by atoms with Crippen molar-refractivity contribution in [3.05, 3.63) is 131 Å². The molecule has 0 aliphatic heterocycles. The van der Waals surface area contributed by atoms with Gasteiger partial charge in [0.1, 0.15) is 0 Å². The number of nitrogens with zero attached hydrogens (tertiary/aromatic N) is 4. The van der Waals surface area contributed by atoms with Crippen molar-refractivity contribution in [3.8, 4) is 56.2 Å². The summed E-state index contributed by atoms with van der Waals surface area (Å²) in [6.07, 6.45) is 3.77. The van der Waals surface area contributed by atoms with Crippen LogP contribution in [0.3, 0.4) is 0 Å². The van der Waals surface area contributed by atoms with E-state index in [9.17, 15) is 0 Å². The molecule has 0 atom stereocenters. The Morgan fingerprint density at radius 1 is 0.381 bits per heavy atom. The van der Waals surface area contributed by atoms with E-state index in [1.807, 2.05) is 35.5 Å². The zero-order valence-electron chi connectivity index (χ0n) is 22.3. The summed E-state index contributed by atoms with van der Waals surface area (Å²) >= 11 is 3.20. The molecule has 0 unspecified atom stereocenters. The largest absolute Gasteiger partial charge is 0.256 e. The molecule has 4 nitrogen and oxygen atoms in total. The van der Waals surface area contributed by atoms with Gasteiger partial charge >= 0.3 is 0 Å². The van der Waals surface area contributed by atoms with Gasteiger partial charge in [-0.25, -0.2) is 9.97 Å². The Labute approximate surface area is 250 Å². The smallest absolute Gasteiger partial charge is 0.0812 e. The van der Waals surface area contributed by atoms with E-state index in [2.05, 4.69) is 106 Å². The third kappa shape index (κ3) is 4.29. The van der Waals surface area contributed by atoms with Crippen LogP contribution in [0.5, 0.6) is 0 Å². The number of pyridine rings is 2. The van der Waals surface area contributed by atoms with Crippen LogP contribution in [-0.2, 0) is 0 Å². The lowest BCUT2D eigenvalue weighted by Gasteiger charge is -2.18. The van der Waals surface area contributed by atoms with Crippen molar-refractivity contribution in [2.75, 3.05) is 0 Å². The van der Waals surface area contributed by atoms with Gasteiger partial charge in [0, 0.05) is 45.4 Å². The first-order chi connectivity index (χ1) is 20.8. The van der Waals surface area contributed by atoms with Crippen LogP contribution in [0.4, 0.5) is 0 Å². The average molecular weight is 575 g/mol. The zero-order chi connectivity index (χ0) is 27.9. The summed E-state index contributed by atoms with van der Waals surface area (Å²) < 4.78 is 0. The maximum absolute atomic E-state index is 4.93. The predicted molar refractivity (Wildman–Crippen MR) is 176 cm³/mol. The third-order valence-electron chi connectivity index (χ3n) is 7.62. The summed E-state index contributed by atoms with van der Waals surface area (Å²) in [7, 11) is 0. The van der Waals surface area contributed by atoms with Gasteiger partial charge < -0.3 is 0 Å². The van der Waals surface area contributed by atoms with Gasteiger partial charge in [-0.05, 0) is 63.0 Å². The number of fused-ring (bicyclic) bond motifs is 2. The van der Waals surface area contributed by atoms with E-state index in [0.717, 1.165) is 72.1 Å². The quantitative estimate of drug-likeness (QED) is 0.192. The van der Waals surface area contributed by atoms with Gasteiger partial charge in [-0.1, -0.05) is 66.7 Å². The average Bonchev–Trinajstić information content (AvgIpc) is 3.80. The molecule has 198 valence electrons. The molecule has 4 aromatic heterocycles. The predicted octanol–water partition coefficient (Wildman–Crippen LogP) is 10.0. The molecule has 0 spiro atoms. The molecule has 4 heterocycles. The highest BCUT2D eigenvalue weighted by atomic mass is 32.1. The molecule has 0 radical (unpaired) electrons. The van der Waals surface area contributed by atoms with E-state index in [4.69, 9.17) is 9.97 Å². The fraction of sp³-hybridized carbons (Fsp3) is 0. The van der Waals surface area contributed by atoms with Crippen LogP contribution in [0, 0.1) is 0 Å². The van der Waals surface area contributed by atoms with Crippen molar-refractivity contribution in [2.24, 2.45) is 0 Å². The molecule has 0 fully saturated rings. The van der Waals surface area contributed by atoms with E-state index in [0.29, 0.717) is 0 Å². The van der Waals surface area contributed by atoms with Crippen molar-refractivity contribution >= 4 is 44.2 Å². The normalized spacial score (nSPS) is 11.3. The van der Waals surface area contributed by atoms with Crippen LogP contribution in [0.25, 0.3) is 77.7 Å². The van der Waals surface area contributed by atoms with Crippen LogP contribution in [0.2, 0.25) is 0 Å². The Balaban J connectivity index is 1.47. The van der Waals surface area contributed by atoms with Crippen LogP contribution in [0.1, 0.15) is 0 Å². The standard InChI is InChI=1S/C36H22N4S2/c1-2-6-23(7-3-1)24-10-11-29-30(16-24)36(32-18-26(13-15-38-32)34-20-42-22-40-34)28-9-5-4-8-27(28)35(29)31-17-25(12-14-37-31)33-19-41-21-39-33/h1-22H. The second kappa shape index (κ2) is 10.4. The van der Waals surface area contributed by atoms with Crippen molar-refractivity contribution in [1.82, 2.24) is 19.9 Å².